The van der Waals surface area contributed by atoms with E-state index in [1.807, 2.05) is 0 Å². The van der Waals surface area contributed by atoms with Gasteiger partial charge in [-0.1, -0.05) is 11.6 Å². The van der Waals surface area contributed by atoms with Crippen LogP contribution >= 0.6 is 11.6 Å². The smallest absolute Gasteiger partial charge is 0.294 e. The Labute approximate surface area is 179 Å². The van der Waals surface area contributed by atoms with E-state index in [1.165, 1.54) is 12.3 Å². The molecule has 0 aromatic carbocycles. The first-order valence-corrected chi connectivity index (χ1v) is 10.2. The van der Waals surface area contributed by atoms with E-state index in [0.717, 1.165) is 0 Å². The Hall–Kier alpha value is -2.71. The van der Waals surface area contributed by atoms with Crippen LogP contribution in [-0.4, -0.2) is 44.4 Å². The van der Waals surface area contributed by atoms with Crippen LogP contribution in [0.1, 0.15) is 57.8 Å². The maximum absolute atomic E-state index is 12.9. The Morgan fingerprint density at radius 3 is 2.50 bits per heavy atom. The maximum atomic E-state index is 12.9. The van der Waals surface area contributed by atoms with Crippen LogP contribution in [-0.2, 0) is 11.8 Å². The van der Waals surface area contributed by atoms with E-state index >= 15 is 0 Å². The van der Waals surface area contributed by atoms with Crippen molar-refractivity contribution in [2.75, 3.05) is 5.32 Å². The van der Waals surface area contributed by atoms with Gasteiger partial charge in [-0.15, -0.1) is 0 Å². The van der Waals surface area contributed by atoms with Crippen LogP contribution in [0.25, 0.3) is 0 Å². The van der Waals surface area contributed by atoms with Crippen molar-refractivity contribution < 1.29 is 19.5 Å². The lowest BCUT2D eigenvalue weighted by atomic mass is 9.93. The highest BCUT2D eigenvalue weighted by Gasteiger charge is 2.30. The number of amides is 2. The van der Waals surface area contributed by atoms with E-state index in [2.05, 4.69) is 15.6 Å². The SMILES string of the molecule is Cc1c(C(=O)Nc2ccnc(Cl)c2)c(C)n(C)c1C(=O)C(=O)NC1CCC(O)CC1. The number of nitrogens with zero attached hydrogens (tertiary/aromatic N) is 2. The molecule has 0 unspecified atom stereocenters. The average molecular weight is 433 g/mol. The van der Waals surface area contributed by atoms with Crippen LogP contribution in [0.4, 0.5) is 5.69 Å². The molecule has 2 amide bonds. The molecule has 9 heteroatoms. The number of Topliss-reactive ketones (excluding diaryl/α,β-unsaturated/α-hetero) is 1. The second-order valence-electron chi connectivity index (χ2n) is 7.62. The molecule has 160 valence electrons. The van der Waals surface area contributed by atoms with Gasteiger partial charge in [-0.2, -0.15) is 0 Å². The van der Waals surface area contributed by atoms with Gasteiger partial charge >= 0.3 is 0 Å². The Bertz CT molecular complexity index is 993. The number of carbonyl (C=O) groups is 3. The van der Waals surface area contributed by atoms with Gasteiger partial charge < -0.3 is 20.3 Å². The summed E-state index contributed by atoms with van der Waals surface area (Å²) < 4.78 is 1.57. The third kappa shape index (κ3) is 4.55. The molecule has 0 radical (unpaired) electrons. The van der Waals surface area contributed by atoms with Crippen LogP contribution in [0.15, 0.2) is 18.3 Å². The Balaban J connectivity index is 1.80. The summed E-state index contributed by atoms with van der Waals surface area (Å²) in [4.78, 5) is 42.2. The summed E-state index contributed by atoms with van der Waals surface area (Å²) in [6.07, 6.45) is 3.60. The zero-order valence-electron chi connectivity index (χ0n) is 17.2. The highest BCUT2D eigenvalue weighted by atomic mass is 35.5. The van der Waals surface area contributed by atoms with E-state index in [1.54, 1.807) is 31.5 Å². The zero-order valence-corrected chi connectivity index (χ0v) is 17.9. The topological polar surface area (TPSA) is 113 Å². The van der Waals surface area contributed by atoms with Gasteiger partial charge in [0.2, 0.25) is 0 Å². The molecule has 2 aromatic heterocycles. The second-order valence-corrected chi connectivity index (χ2v) is 8.01. The highest BCUT2D eigenvalue weighted by Crippen LogP contribution is 2.24. The Morgan fingerprint density at radius 1 is 1.20 bits per heavy atom. The van der Waals surface area contributed by atoms with Gasteiger partial charge in [-0.25, -0.2) is 4.98 Å². The molecule has 0 atom stereocenters. The third-order valence-corrected chi connectivity index (χ3v) is 5.80. The molecule has 30 heavy (non-hydrogen) atoms. The van der Waals surface area contributed by atoms with Crippen LogP contribution in [0, 0.1) is 13.8 Å². The first-order valence-electron chi connectivity index (χ1n) is 9.81. The number of pyridine rings is 1. The van der Waals surface area contributed by atoms with Crippen molar-refractivity contribution in [3.05, 3.63) is 46.0 Å². The summed E-state index contributed by atoms with van der Waals surface area (Å²) in [5.74, 6) is -1.79. The molecule has 0 bridgehead atoms. The number of hydrogen-bond donors (Lipinski definition) is 3. The van der Waals surface area contributed by atoms with E-state index in [-0.39, 0.29) is 23.0 Å². The van der Waals surface area contributed by atoms with Crippen molar-refractivity contribution >= 4 is 34.9 Å². The van der Waals surface area contributed by atoms with Crippen LogP contribution in [0.5, 0.6) is 0 Å². The first kappa shape index (κ1) is 22.0. The molecule has 1 aliphatic carbocycles. The lowest BCUT2D eigenvalue weighted by Gasteiger charge is -2.25. The average Bonchev–Trinajstić information content (AvgIpc) is 2.91. The number of ketones is 1. The van der Waals surface area contributed by atoms with Crippen molar-refractivity contribution in [1.29, 1.82) is 0 Å². The minimum atomic E-state index is -0.701. The van der Waals surface area contributed by atoms with Gasteiger partial charge in [-0.3, -0.25) is 14.4 Å². The van der Waals surface area contributed by atoms with Gasteiger partial charge in [0.15, 0.2) is 0 Å². The predicted molar refractivity (Wildman–Crippen MR) is 113 cm³/mol. The molecule has 3 N–H and O–H groups in total. The number of hydrogen-bond acceptors (Lipinski definition) is 5. The van der Waals surface area contributed by atoms with Gasteiger partial charge in [0.1, 0.15) is 5.15 Å². The summed E-state index contributed by atoms with van der Waals surface area (Å²) >= 11 is 5.86. The number of aliphatic hydroxyl groups is 1. The van der Waals surface area contributed by atoms with Crippen molar-refractivity contribution in [2.45, 2.75) is 51.7 Å². The van der Waals surface area contributed by atoms with Crippen molar-refractivity contribution in [2.24, 2.45) is 7.05 Å². The molecule has 2 aromatic rings. The maximum Gasteiger partial charge on any atom is 0.294 e. The van der Waals surface area contributed by atoms with Gasteiger partial charge in [0.05, 0.1) is 17.4 Å². The molecule has 8 nitrogen and oxygen atoms in total. The first-order chi connectivity index (χ1) is 14.2. The van der Waals surface area contributed by atoms with Crippen LogP contribution < -0.4 is 10.6 Å². The largest absolute Gasteiger partial charge is 0.393 e. The molecule has 0 spiro atoms. The van der Waals surface area contributed by atoms with Gasteiger partial charge in [-0.05, 0) is 57.2 Å². The van der Waals surface area contributed by atoms with Gasteiger partial charge in [0, 0.05) is 30.7 Å². The number of aromatic nitrogens is 2. The summed E-state index contributed by atoms with van der Waals surface area (Å²) in [6, 6.07) is 3.00. The molecular formula is C21H25ClN4O4. The lowest BCUT2D eigenvalue weighted by Crippen LogP contribution is -2.42. The van der Waals surface area contributed by atoms with E-state index < -0.39 is 17.6 Å². The van der Waals surface area contributed by atoms with E-state index in [9.17, 15) is 19.5 Å². The van der Waals surface area contributed by atoms with E-state index in [4.69, 9.17) is 11.6 Å². The number of halogens is 1. The van der Waals surface area contributed by atoms with E-state index in [0.29, 0.717) is 48.2 Å². The highest BCUT2D eigenvalue weighted by molar-refractivity contribution is 6.43. The third-order valence-electron chi connectivity index (χ3n) is 5.60. The fraction of sp³-hybridized carbons (Fsp3) is 0.429. The summed E-state index contributed by atoms with van der Waals surface area (Å²) in [7, 11) is 1.65. The number of aliphatic hydroxyl groups excluding tert-OH is 1. The summed E-state index contributed by atoms with van der Waals surface area (Å²) in [5, 5.41) is 15.4. The van der Waals surface area contributed by atoms with Crippen molar-refractivity contribution in [3.8, 4) is 0 Å². The van der Waals surface area contributed by atoms with Crippen molar-refractivity contribution in [1.82, 2.24) is 14.9 Å². The molecule has 3 rings (SSSR count). The molecule has 1 fully saturated rings. The lowest BCUT2D eigenvalue weighted by molar-refractivity contribution is -0.118. The number of rotatable bonds is 5. The van der Waals surface area contributed by atoms with Crippen LogP contribution in [0.3, 0.4) is 0 Å². The molecule has 1 aliphatic rings. The minimum absolute atomic E-state index is 0.134. The quantitative estimate of drug-likeness (QED) is 0.381. The zero-order chi connectivity index (χ0) is 22.0. The predicted octanol–water partition coefficient (Wildman–Crippen LogP) is 2.55. The molecule has 2 heterocycles. The molecule has 0 aliphatic heterocycles. The Kier molecular flexibility index (Phi) is 6.58. The van der Waals surface area contributed by atoms with Crippen molar-refractivity contribution in [3.63, 3.8) is 0 Å². The normalized spacial score (nSPS) is 18.7. The summed E-state index contributed by atoms with van der Waals surface area (Å²) in [5.41, 5.74) is 2.00. The van der Waals surface area contributed by atoms with Crippen LogP contribution in [0.2, 0.25) is 5.15 Å². The second kappa shape index (κ2) is 8.97. The number of nitrogens with one attached hydrogen (secondary N) is 2. The minimum Gasteiger partial charge on any atom is -0.393 e. The Morgan fingerprint density at radius 2 is 1.87 bits per heavy atom. The number of carbonyl (C=O) groups excluding carboxylic acids is 3. The van der Waals surface area contributed by atoms with Gasteiger partial charge in [0.25, 0.3) is 17.6 Å². The standard InChI is InChI=1S/C21H25ClN4O4/c1-11-17(20(29)25-14-8-9-23-16(22)10-14)12(2)26(3)18(11)19(28)21(30)24-13-4-6-15(27)7-5-13/h8-10,13,15,27H,4-7H2,1-3H3,(H,24,30)(H,23,25,29). The number of anilines is 1. The molecular weight excluding hydrogens is 408 g/mol. The monoisotopic (exact) mass is 432 g/mol. The molecule has 0 saturated heterocycles. The fourth-order valence-electron chi connectivity index (χ4n) is 3.89. The summed E-state index contributed by atoms with van der Waals surface area (Å²) in [6.45, 7) is 3.37. The molecule has 1 saturated carbocycles. The fourth-order valence-corrected chi connectivity index (χ4v) is 4.06.